The number of carbonyl (C=O) groups excluding carboxylic acids is 1. The number of aryl methyl sites for hydroxylation is 1. The molecule has 0 saturated heterocycles. The predicted octanol–water partition coefficient (Wildman–Crippen LogP) is 3.46. The van der Waals surface area contributed by atoms with Crippen LogP contribution in [0.15, 0.2) is 41.2 Å². The van der Waals surface area contributed by atoms with E-state index in [-0.39, 0.29) is 16.7 Å². The van der Waals surface area contributed by atoms with Crippen molar-refractivity contribution < 1.29 is 18.0 Å². The van der Waals surface area contributed by atoms with Gasteiger partial charge in [-0.05, 0) is 42.3 Å². The fraction of sp³-hybridized carbons (Fsp3) is 0.286. The van der Waals surface area contributed by atoms with Crippen LogP contribution in [-0.2, 0) is 24.6 Å². The van der Waals surface area contributed by atoms with Gasteiger partial charge in [0.25, 0.3) is 5.56 Å². The van der Waals surface area contributed by atoms with E-state index in [9.17, 15) is 22.8 Å². The maximum absolute atomic E-state index is 13.1. The number of anilines is 1. The van der Waals surface area contributed by atoms with Crippen molar-refractivity contribution >= 4 is 33.4 Å². The smallest absolute Gasteiger partial charge is 0.324 e. The Bertz CT molecular complexity index is 1400. The first kappa shape index (κ1) is 21.5. The number of nitrogens with zero attached hydrogens (tertiary/aromatic N) is 5. The molecule has 0 unspecified atom stereocenters. The summed E-state index contributed by atoms with van der Waals surface area (Å²) in [6.45, 7) is 3.12. The molecule has 0 atom stereocenters. The summed E-state index contributed by atoms with van der Waals surface area (Å²) in [6.07, 6.45) is -4.54. The molecule has 4 aromatic rings. The second kappa shape index (κ2) is 7.74. The van der Waals surface area contributed by atoms with Crippen molar-refractivity contribution in [2.24, 2.45) is 7.05 Å². The highest BCUT2D eigenvalue weighted by atomic mass is 19.4. The van der Waals surface area contributed by atoms with Gasteiger partial charge in [-0.3, -0.25) is 9.59 Å². The zero-order valence-corrected chi connectivity index (χ0v) is 17.4. The summed E-state index contributed by atoms with van der Waals surface area (Å²) < 4.78 is 42.0. The molecule has 8 nitrogen and oxygen atoms in total. The highest BCUT2D eigenvalue weighted by molar-refractivity contribution is 5.93. The Morgan fingerprint density at radius 1 is 1.12 bits per heavy atom. The minimum Gasteiger partial charge on any atom is -0.324 e. The Balaban J connectivity index is 1.68. The molecule has 166 valence electrons. The van der Waals surface area contributed by atoms with Gasteiger partial charge in [-0.2, -0.15) is 18.3 Å². The van der Waals surface area contributed by atoms with Crippen LogP contribution in [0.25, 0.3) is 21.8 Å². The molecule has 11 heteroatoms. The summed E-state index contributed by atoms with van der Waals surface area (Å²) in [6, 6.07) is 7.97. The van der Waals surface area contributed by atoms with Crippen LogP contribution < -0.4 is 10.9 Å². The van der Waals surface area contributed by atoms with Crippen LogP contribution in [0.2, 0.25) is 0 Å². The third-order valence-electron chi connectivity index (χ3n) is 5.05. The predicted molar refractivity (Wildman–Crippen MR) is 112 cm³/mol. The van der Waals surface area contributed by atoms with Crippen molar-refractivity contribution in [1.82, 2.24) is 24.8 Å². The zero-order valence-electron chi connectivity index (χ0n) is 17.4. The van der Waals surface area contributed by atoms with Crippen LogP contribution in [0, 0.1) is 0 Å². The highest BCUT2D eigenvalue weighted by Crippen LogP contribution is 2.32. The van der Waals surface area contributed by atoms with Crippen molar-refractivity contribution in [1.29, 1.82) is 0 Å². The normalized spacial score (nSPS) is 12.1. The summed E-state index contributed by atoms with van der Waals surface area (Å²) >= 11 is 0. The van der Waals surface area contributed by atoms with E-state index in [0.29, 0.717) is 22.4 Å². The number of hydrogen-bond acceptors (Lipinski definition) is 5. The molecule has 32 heavy (non-hydrogen) atoms. The fourth-order valence-corrected chi connectivity index (χ4v) is 3.47. The standard InChI is InChI=1S/C21H19F3N6O2/c1-11(2)19-15-8-12(21(22,23)24)4-6-14(15)20(32)30(27-19)10-18(31)25-13-5-7-16-17(9-13)29(3)28-26-16/h4-9,11H,10H2,1-3H3,(H,25,31). The van der Waals surface area contributed by atoms with Crippen LogP contribution in [0.5, 0.6) is 0 Å². The molecule has 2 heterocycles. The van der Waals surface area contributed by atoms with E-state index in [1.807, 2.05) is 0 Å². The van der Waals surface area contributed by atoms with Gasteiger partial charge in [-0.15, -0.1) is 5.10 Å². The summed E-state index contributed by atoms with van der Waals surface area (Å²) in [5, 5.41) is 15.0. The largest absolute Gasteiger partial charge is 0.416 e. The number of amides is 1. The Labute approximate surface area is 179 Å². The van der Waals surface area contributed by atoms with Crippen LogP contribution in [0.3, 0.4) is 0 Å². The summed E-state index contributed by atoms with van der Waals surface area (Å²) in [5.74, 6) is -0.773. The van der Waals surface area contributed by atoms with E-state index in [1.165, 1.54) is 0 Å². The molecule has 0 aliphatic heterocycles. The van der Waals surface area contributed by atoms with E-state index in [1.54, 1.807) is 43.8 Å². The lowest BCUT2D eigenvalue weighted by atomic mass is 10.0. The van der Waals surface area contributed by atoms with Crippen molar-refractivity contribution in [3.63, 3.8) is 0 Å². The zero-order chi connectivity index (χ0) is 23.2. The monoisotopic (exact) mass is 444 g/mol. The third kappa shape index (κ3) is 3.93. The maximum atomic E-state index is 13.1. The van der Waals surface area contributed by atoms with Gasteiger partial charge in [0.2, 0.25) is 5.91 Å². The molecule has 0 bridgehead atoms. The van der Waals surface area contributed by atoms with Crippen molar-refractivity contribution in [2.45, 2.75) is 32.5 Å². The van der Waals surface area contributed by atoms with Gasteiger partial charge in [-0.25, -0.2) is 9.36 Å². The molecule has 0 saturated carbocycles. The number of halogens is 3. The molecule has 1 amide bonds. The SMILES string of the molecule is CC(C)c1nn(CC(=O)Nc2ccc3nnn(C)c3c2)c(=O)c2ccc(C(F)(F)F)cc12. The third-order valence-corrected chi connectivity index (χ3v) is 5.05. The highest BCUT2D eigenvalue weighted by Gasteiger charge is 2.31. The second-order valence-corrected chi connectivity index (χ2v) is 7.73. The van der Waals surface area contributed by atoms with Gasteiger partial charge in [0.15, 0.2) is 0 Å². The molecule has 0 aliphatic rings. The van der Waals surface area contributed by atoms with Crippen molar-refractivity contribution in [3.05, 3.63) is 58.0 Å². The topological polar surface area (TPSA) is 94.7 Å². The first-order valence-corrected chi connectivity index (χ1v) is 9.76. The number of carbonyl (C=O) groups is 1. The molecule has 0 spiro atoms. The summed E-state index contributed by atoms with van der Waals surface area (Å²) in [4.78, 5) is 25.5. The van der Waals surface area contributed by atoms with Crippen LogP contribution >= 0.6 is 0 Å². The van der Waals surface area contributed by atoms with Gasteiger partial charge < -0.3 is 5.32 Å². The van der Waals surface area contributed by atoms with Gasteiger partial charge in [-0.1, -0.05) is 19.1 Å². The molecule has 1 N–H and O–H groups in total. The maximum Gasteiger partial charge on any atom is 0.416 e. The lowest BCUT2D eigenvalue weighted by Crippen LogP contribution is -2.31. The summed E-state index contributed by atoms with van der Waals surface area (Å²) in [5.41, 5.74) is 0.675. The van der Waals surface area contributed by atoms with Crippen molar-refractivity contribution in [2.75, 3.05) is 5.32 Å². The molecular weight excluding hydrogens is 425 g/mol. The molecule has 0 fully saturated rings. The molecule has 0 aliphatic carbocycles. The Hall–Kier alpha value is -3.76. The van der Waals surface area contributed by atoms with Gasteiger partial charge in [0, 0.05) is 18.1 Å². The Morgan fingerprint density at radius 3 is 2.56 bits per heavy atom. The van der Waals surface area contributed by atoms with E-state index in [2.05, 4.69) is 20.7 Å². The minimum absolute atomic E-state index is 0.0758. The van der Waals surface area contributed by atoms with E-state index in [0.717, 1.165) is 22.9 Å². The fourth-order valence-electron chi connectivity index (χ4n) is 3.47. The second-order valence-electron chi connectivity index (χ2n) is 7.73. The number of rotatable bonds is 4. The van der Waals surface area contributed by atoms with E-state index in [4.69, 9.17) is 0 Å². The molecule has 4 rings (SSSR count). The van der Waals surface area contributed by atoms with Gasteiger partial charge in [0.05, 0.1) is 22.2 Å². The van der Waals surface area contributed by atoms with Gasteiger partial charge >= 0.3 is 6.18 Å². The molecule has 2 aromatic carbocycles. The Kier molecular flexibility index (Phi) is 5.19. The molecule has 2 aromatic heterocycles. The summed E-state index contributed by atoms with van der Waals surface area (Å²) in [7, 11) is 1.72. The van der Waals surface area contributed by atoms with Crippen LogP contribution in [0.1, 0.15) is 31.0 Å². The number of alkyl halides is 3. The molecule has 0 radical (unpaired) electrons. The number of benzene rings is 2. The van der Waals surface area contributed by atoms with E-state index >= 15 is 0 Å². The van der Waals surface area contributed by atoms with E-state index < -0.39 is 29.8 Å². The number of aromatic nitrogens is 5. The average Bonchev–Trinajstić information content (AvgIpc) is 3.09. The minimum atomic E-state index is -4.54. The van der Waals surface area contributed by atoms with Gasteiger partial charge in [0.1, 0.15) is 12.1 Å². The Morgan fingerprint density at radius 2 is 1.88 bits per heavy atom. The molecular formula is C21H19F3N6O2. The van der Waals surface area contributed by atoms with Crippen LogP contribution in [-0.4, -0.2) is 30.7 Å². The number of nitrogens with one attached hydrogen (secondary N) is 1. The lowest BCUT2D eigenvalue weighted by Gasteiger charge is -2.15. The average molecular weight is 444 g/mol. The quantitative estimate of drug-likeness (QED) is 0.520. The number of hydrogen-bond donors (Lipinski definition) is 1. The van der Waals surface area contributed by atoms with Crippen LogP contribution in [0.4, 0.5) is 18.9 Å². The number of fused-ring (bicyclic) bond motifs is 2. The van der Waals surface area contributed by atoms with Crippen molar-refractivity contribution in [3.8, 4) is 0 Å². The first-order valence-electron chi connectivity index (χ1n) is 9.76. The lowest BCUT2D eigenvalue weighted by molar-refractivity contribution is -0.137. The first-order chi connectivity index (χ1) is 15.0.